The fourth-order valence-corrected chi connectivity index (χ4v) is 4.96. The number of halogens is 1. The molecule has 0 aliphatic heterocycles. The molecule has 0 amide bonds. The van der Waals surface area contributed by atoms with Crippen LogP contribution in [0.25, 0.3) is 0 Å². The molecule has 0 unspecified atom stereocenters. The van der Waals surface area contributed by atoms with Crippen molar-refractivity contribution < 1.29 is 27.1 Å². The van der Waals surface area contributed by atoms with Crippen LogP contribution in [0, 0.1) is 19.7 Å². The highest BCUT2D eigenvalue weighted by atomic mass is 32.2. The zero-order valence-electron chi connectivity index (χ0n) is 19.0. The Morgan fingerprint density at radius 1 is 1.00 bits per heavy atom. The summed E-state index contributed by atoms with van der Waals surface area (Å²) in [5.74, 6) is -0.347. The lowest BCUT2D eigenvalue weighted by Crippen LogP contribution is -2.31. The van der Waals surface area contributed by atoms with E-state index in [-0.39, 0.29) is 29.4 Å². The van der Waals surface area contributed by atoms with Crippen LogP contribution in [0.1, 0.15) is 34.0 Å². The third-order valence-electron chi connectivity index (χ3n) is 5.36. The van der Waals surface area contributed by atoms with Gasteiger partial charge in [-0.2, -0.15) is 0 Å². The molecule has 0 atom stereocenters. The lowest BCUT2D eigenvalue weighted by atomic mass is 10.0. The second-order valence-electron chi connectivity index (χ2n) is 7.48. The molecule has 8 heteroatoms. The minimum Gasteiger partial charge on any atom is -0.489 e. The van der Waals surface area contributed by atoms with Crippen molar-refractivity contribution in [3.8, 4) is 5.75 Å². The number of esters is 1. The molecule has 3 aromatic carbocycles. The number of methoxy groups -OCH3 is 1. The van der Waals surface area contributed by atoms with E-state index >= 15 is 0 Å². The molecule has 174 valence electrons. The molecule has 3 aromatic rings. The van der Waals surface area contributed by atoms with Crippen LogP contribution in [0.5, 0.6) is 5.75 Å². The van der Waals surface area contributed by atoms with Crippen molar-refractivity contribution in [1.29, 1.82) is 0 Å². The zero-order valence-corrected chi connectivity index (χ0v) is 19.8. The molecule has 6 nitrogen and oxygen atoms in total. The van der Waals surface area contributed by atoms with Crippen LogP contribution >= 0.6 is 0 Å². The number of anilines is 1. The summed E-state index contributed by atoms with van der Waals surface area (Å²) in [6.07, 6.45) is 0. The summed E-state index contributed by atoms with van der Waals surface area (Å²) in [4.78, 5) is 12.1. The number of nitrogens with zero attached hydrogens (tertiary/aromatic N) is 1. The van der Waals surface area contributed by atoms with E-state index in [9.17, 15) is 17.6 Å². The first-order valence-electron chi connectivity index (χ1n) is 10.4. The van der Waals surface area contributed by atoms with Gasteiger partial charge in [0.25, 0.3) is 10.0 Å². The number of rotatable bonds is 8. The third kappa shape index (κ3) is 5.34. The van der Waals surface area contributed by atoms with Gasteiger partial charge in [-0.25, -0.2) is 17.6 Å². The second kappa shape index (κ2) is 10.0. The first-order chi connectivity index (χ1) is 15.7. The third-order valence-corrected chi connectivity index (χ3v) is 7.25. The largest absolute Gasteiger partial charge is 0.489 e. The van der Waals surface area contributed by atoms with E-state index in [1.165, 1.54) is 29.6 Å². The zero-order chi connectivity index (χ0) is 24.2. The number of sulfonamides is 1. The van der Waals surface area contributed by atoms with Crippen LogP contribution in [0.15, 0.2) is 65.6 Å². The monoisotopic (exact) mass is 471 g/mol. The molecule has 0 aromatic heterocycles. The molecule has 0 saturated carbocycles. The van der Waals surface area contributed by atoms with E-state index in [0.717, 1.165) is 5.56 Å². The molecule has 0 N–H and O–H groups in total. The van der Waals surface area contributed by atoms with Crippen molar-refractivity contribution in [1.82, 2.24) is 0 Å². The average Bonchev–Trinajstić information content (AvgIpc) is 2.81. The summed E-state index contributed by atoms with van der Waals surface area (Å²) in [5.41, 5.74) is 2.85. The highest BCUT2D eigenvalue weighted by Crippen LogP contribution is 2.28. The Labute approximate surface area is 193 Å². The Hall–Kier alpha value is -3.39. The average molecular weight is 472 g/mol. The maximum atomic E-state index is 13.4. The molecular formula is C25H26FNO5S. The maximum absolute atomic E-state index is 13.4. The van der Waals surface area contributed by atoms with Gasteiger partial charge in [0.15, 0.2) is 0 Å². The van der Waals surface area contributed by atoms with Crippen molar-refractivity contribution >= 4 is 21.7 Å². The molecule has 0 radical (unpaired) electrons. The van der Waals surface area contributed by atoms with E-state index in [0.29, 0.717) is 22.6 Å². The van der Waals surface area contributed by atoms with Crippen molar-refractivity contribution in [3.63, 3.8) is 0 Å². The molecule has 0 heterocycles. The summed E-state index contributed by atoms with van der Waals surface area (Å²) in [6.45, 7) is 5.69. The number of benzene rings is 3. The highest BCUT2D eigenvalue weighted by Gasteiger charge is 2.26. The summed E-state index contributed by atoms with van der Waals surface area (Å²) >= 11 is 0. The fourth-order valence-electron chi connectivity index (χ4n) is 3.37. The normalized spacial score (nSPS) is 11.2. The van der Waals surface area contributed by atoms with Gasteiger partial charge in [-0.05, 0) is 86.0 Å². The van der Waals surface area contributed by atoms with E-state index < -0.39 is 16.0 Å². The number of carbonyl (C=O) groups is 1. The number of hydrogen-bond acceptors (Lipinski definition) is 5. The number of hydrogen-bond donors (Lipinski definition) is 0. The van der Waals surface area contributed by atoms with Crippen LogP contribution in [0.3, 0.4) is 0 Å². The van der Waals surface area contributed by atoms with Gasteiger partial charge >= 0.3 is 5.97 Å². The van der Waals surface area contributed by atoms with E-state index in [4.69, 9.17) is 9.47 Å². The molecule has 0 aliphatic rings. The van der Waals surface area contributed by atoms with Gasteiger partial charge in [-0.15, -0.1) is 0 Å². The van der Waals surface area contributed by atoms with Gasteiger partial charge in [0.2, 0.25) is 0 Å². The smallest absolute Gasteiger partial charge is 0.338 e. The van der Waals surface area contributed by atoms with Gasteiger partial charge in [0.1, 0.15) is 18.2 Å². The van der Waals surface area contributed by atoms with Gasteiger partial charge in [0, 0.05) is 6.54 Å². The van der Waals surface area contributed by atoms with Crippen molar-refractivity contribution in [2.75, 3.05) is 18.0 Å². The molecule has 0 spiro atoms. The first-order valence-corrected chi connectivity index (χ1v) is 11.8. The van der Waals surface area contributed by atoms with E-state index in [2.05, 4.69) is 0 Å². The van der Waals surface area contributed by atoms with Crippen molar-refractivity contribution in [2.24, 2.45) is 0 Å². The molecule has 0 aliphatic carbocycles. The van der Waals surface area contributed by atoms with Gasteiger partial charge in [0.05, 0.1) is 23.3 Å². The number of carbonyl (C=O) groups excluding carboxylic acids is 1. The highest BCUT2D eigenvalue weighted by molar-refractivity contribution is 7.92. The van der Waals surface area contributed by atoms with E-state index in [1.807, 2.05) is 0 Å². The maximum Gasteiger partial charge on any atom is 0.338 e. The van der Waals surface area contributed by atoms with Crippen LogP contribution in [0.4, 0.5) is 10.1 Å². The summed E-state index contributed by atoms with van der Waals surface area (Å²) < 4.78 is 51.7. The molecule has 0 bridgehead atoms. The SMILES string of the molecule is CCN(c1ccc(OCc2ccc(F)cc2)cc1)S(=O)(=O)c1cc(C)c(C)c(C(=O)OC)c1. The first kappa shape index (κ1) is 24.3. The van der Waals surface area contributed by atoms with Gasteiger partial charge in [-0.3, -0.25) is 4.31 Å². The Morgan fingerprint density at radius 2 is 1.64 bits per heavy atom. The predicted molar refractivity (Wildman–Crippen MR) is 125 cm³/mol. The van der Waals surface area contributed by atoms with Crippen molar-refractivity contribution in [3.05, 3.63) is 88.7 Å². The minimum absolute atomic E-state index is 0.0180. The predicted octanol–water partition coefficient (Wildman–Crippen LogP) is 5.02. The molecule has 0 fully saturated rings. The van der Waals surface area contributed by atoms with Crippen LogP contribution in [0.2, 0.25) is 0 Å². The topological polar surface area (TPSA) is 72.9 Å². The summed E-state index contributed by atoms with van der Waals surface area (Å²) in [7, 11) is -2.67. The quantitative estimate of drug-likeness (QED) is 0.431. The lowest BCUT2D eigenvalue weighted by Gasteiger charge is -2.24. The van der Waals surface area contributed by atoms with Crippen LogP contribution in [-0.4, -0.2) is 28.0 Å². The molecule has 3 rings (SSSR count). The minimum atomic E-state index is -3.93. The van der Waals surface area contributed by atoms with Crippen molar-refractivity contribution in [2.45, 2.75) is 32.3 Å². The number of aryl methyl sites for hydroxylation is 1. The fraction of sp³-hybridized carbons (Fsp3) is 0.240. The van der Waals surface area contributed by atoms with Crippen LogP contribution in [-0.2, 0) is 21.4 Å². The molecule has 0 saturated heterocycles. The lowest BCUT2D eigenvalue weighted by molar-refractivity contribution is 0.0599. The second-order valence-corrected chi connectivity index (χ2v) is 9.35. The molecular weight excluding hydrogens is 445 g/mol. The summed E-state index contributed by atoms with van der Waals surface area (Å²) in [6, 6.07) is 15.6. The van der Waals surface area contributed by atoms with Gasteiger partial charge < -0.3 is 9.47 Å². The molecule has 33 heavy (non-hydrogen) atoms. The van der Waals surface area contributed by atoms with Crippen LogP contribution < -0.4 is 9.04 Å². The standard InChI is InChI=1S/C25H26FNO5S/c1-5-27(33(29,30)23-14-17(2)18(3)24(15-23)25(28)31-4)21-10-12-22(13-11-21)32-16-19-6-8-20(26)9-7-19/h6-15H,5,16H2,1-4H3. The Balaban J connectivity index is 1.85. The summed E-state index contributed by atoms with van der Waals surface area (Å²) in [5, 5.41) is 0. The Kier molecular flexibility index (Phi) is 7.38. The van der Waals surface area contributed by atoms with Gasteiger partial charge in [-0.1, -0.05) is 12.1 Å². The Morgan fingerprint density at radius 3 is 2.21 bits per heavy atom. The number of ether oxygens (including phenoxy) is 2. The Bertz CT molecular complexity index is 1240. The van der Waals surface area contributed by atoms with E-state index in [1.54, 1.807) is 63.2 Å².